The van der Waals surface area contributed by atoms with E-state index in [1.165, 1.54) is 6.92 Å². The second-order valence-corrected chi connectivity index (χ2v) is 3.21. The third-order valence-corrected chi connectivity index (χ3v) is 1.98. The third-order valence-electron chi connectivity index (χ3n) is 1.98. The average molecular weight is 188 g/mol. The van der Waals surface area contributed by atoms with Crippen LogP contribution in [0.15, 0.2) is 11.1 Å². The van der Waals surface area contributed by atoms with Crippen LogP contribution < -0.4 is 0 Å². The molecule has 0 aromatic heterocycles. The van der Waals surface area contributed by atoms with E-state index in [1.807, 2.05) is 0 Å². The summed E-state index contributed by atoms with van der Waals surface area (Å²) >= 11 is 0. The summed E-state index contributed by atoms with van der Waals surface area (Å²) in [6, 6.07) is 0. The van der Waals surface area contributed by atoms with E-state index in [2.05, 4.69) is 0 Å². The number of rotatable bonds is 4. The molecule has 0 heterocycles. The van der Waals surface area contributed by atoms with Gasteiger partial charge in [0.05, 0.1) is 12.2 Å². The molecule has 0 aromatic rings. The van der Waals surface area contributed by atoms with Crippen molar-refractivity contribution >= 4 is 5.97 Å². The molecule has 2 atom stereocenters. The van der Waals surface area contributed by atoms with Crippen molar-refractivity contribution in [2.45, 2.75) is 39.4 Å². The highest BCUT2D eigenvalue weighted by molar-refractivity contribution is 5.86. The van der Waals surface area contributed by atoms with E-state index < -0.39 is 18.2 Å². The van der Waals surface area contributed by atoms with Crippen LogP contribution in [0.3, 0.4) is 0 Å². The zero-order valence-electron chi connectivity index (χ0n) is 8.11. The number of carbonyl (C=O) groups is 1. The van der Waals surface area contributed by atoms with Crippen LogP contribution in [0.5, 0.6) is 0 Å². The van der Waals surface area contributed by atoms with Crippen molar-refractivity contribution < 1.29 is 20.1 Å². The van der Waals surface area contributed by atoms with Crippen LogP contribution in [0.25, 0.3) is 0 Å². The van der Waals surface area contributed by atoms with Crippen LogP contribution >= 0.6 is 0 Å². The molecule has 4 nitrogen and oxygen atoms in total. The summed E-state index contributed by atoms with van der Waals surface area (Å²) in [5, 5.41) is 27.0. The smallest absolute Gasteiger partial charge is 0.331 e. The number of aliphatic hydroxyl groups excluding tert-OH is 2. The number of hydrogen-bond acceptors (Lipinski definition) is 3. The van der Waals surface area contributed by atoms with Gasteiger partial charge in [-0.15, -0.1) is 0 Å². The van der Waals surface area contributed by atoms with Gasteiger partial charge in [-0.3, -0.25) is 0 Å². The van der Waals surface area contributed by atoms with E-state index in [-0.39, 0.29) is 12.0 Å². The molecule has 0 saturated heterocycles. The normalized spacial score (nSPS) is 17.6. The first-order valence-electron chi connectivity index (χ1n) is 4.13. The molecule has 2 unspecified atom stereocenters. The van der Waals surface area contributed by atoms with Crippen molar-refractivity contribution in [1.29, 1.82) is 0 Å². The highest BCUT2D eigenvalue weighted by Crippen LogP contribution is 2.13. The van der Waals surface area contributed by atoms with Crippen molar-refractivity contribution in [1.82, 2.24) is 0 Å². The van der Waals surface area contributed by atoms with E-state index in [1.54, 1.807) is 13.8 Å². The summed E-state index contributed by atoms with van der Waals surface area (Å²) in [5.74, 6) is -1.04. The Morgan fingerprint density at radius 2 is 1.77 bits per heavy atom. The summed E-state index contributed by atoms with van der Waals surface area (Å²) in [6.07, 6.45) is -1.35. The monoisotopic (exact) mass is 188 g/mol. The van der Waals surface area contributed by atoms with E-state index in [0.717, 1.165) is 0 Å². The summed E-state index contributed by atoms with van der Waals surface area (Å²) in [4.78, 5) is 10.5. The topological polar surface area (TPSA) is 77.8 Å². The van der Waals surface area contributed by atoms with Gasteiger partial charge in [0.25, 0.3) is 0 Å². The number of hydrogen-bond donors (Lipinski definition) is 3. The van der Waals surface area contributed by atoms with Crippen LogP contribution in [0, 0.1) is 0 Å². The Kier molecular flexibility index (Phi) is 4.66. The van der Waals surface area contributed by atoms with Gasteiger partial charge in [0.2, 0.25) is 0 Å². The Bertz CT molecular complexity index is 218. The number of aliphatic carboxylic acids is 1. The van der Waals surface area contributed by atoms with Crippen LogP contribution in [-0.2, 0) is 4.79 Å². The maximum Gasteiger partial charge on any atom is 0.331 e. The fourth-order valence-corrected chi connectivity index (χ4v) is 0.918. The first-order chi connectivity index (χ1) is 5.86. The molecular formula is C9H16O4. The molecule has 0 aliphatic carbocycles. The molecule has 76 valence electrons. The van der Waals surface area contributed by atoms with Gasteiger partial charge in [0.15, 0.2) is 0 Å². The third kappa shape index (κ3) is 4.05. The summed E-state index contributed by atoms with van der Waals surface area (Å²) < 4.78 is 0. The highest BCUT2D eigenvalue weighted by atomic mass is 16.4. The Balaban J connectivity index is 4.48. The average Bonchev–Trinajstić information content (AvgIpc) is 2.00. The van der Waals surface area contributed by atoms with Gasteiger partial charge < -0.3 is 15.3 Å². The van der Waals surface area contributed by atoms with E-state index in [0.29, 0.717) is 5.57 Å². The molecule has 0 bridgehead atoms. The molecule has 4 heteroatoms. The van der Waals surface area contributed by atoms with Gasteiger partial charge in [-0.1, -0.05) is 0 Å². The molecule has 3 N–H and O–H groups in total. The number of carboxylic acids is 1. The molecule has 0 aliphatic heterocycles. The summed E-state index contributed by atoms with van der Waals surface area (Å²) in [5.41, 5.74) is 0.529. The van der Waals surface area contributed by atoms with Crippen molar-refractivity contribution in [2.24, 2.45) is 0 Å². The Labute approximate surface area is 77.5 Å². The molecule has 0 amide bonds. The maximum atomic E-state index is 10.5. The van der Waals surface area contributed by atoms with Gasteiger partial charge in [-0.2, -0.15) is 0 Å². The predicted molar refractivity (Wildman–Crippen MR) is 48.3 cm³/mol. The Hall–Kier alpha value is -0.870. The van der Waals surface area contributed by atoms with Gasteiger partial charge >= 0.3 is 5.97 Å². The molecular weight excluding hydrogens is 172 g/mol. The molecule has 0 spiro atoms. The molecule has 0 radical (unpaired) electrons. The zero-order valence-corrected chi connectivity index (χ0v) is 8.11. The van der Waals surface area contributed by atoms with Crippen molar-refractivity contribution in [2.75, 3.05) is 0 Å². The number of carboxylic acid groups (broad SMARTS) is 1. The molecule has 0 fully saturated rings. The van der Waals surface area contributed by atoms with Gasteiger partial charge in [-0.25, -0.2) is 4.79 Å². The van der Waals surface area contributed by atoms with Gasteiger partial charge in [-0.05, 0) is 26.3 Å². The van der Waals surface area contributed by atoms with Crippen molar-refractivity contribution in [3.63, 3.8) is 0 Å². The fourth-order valence-electron chi connectivity index (χ4n) is 0.918. The van der Waals surface area contributed by atoms with E-state index >= 15 is 0 Å². The second kappa shape index (κ2) is 4.99. The van der Waals surface area contributed by atoms with Crippen LogP contribution in [-0.4, -0.2) is 33.5 Å². The number of aliphatic hydroxyl groups is 2. The Morgan fingerprint density at radius 1 is 1.31 bits per heavy atom. The lowest BCUT2D eigenvalue weighted by atomic mass is 10.0. The summed E-state index contributed by atoms with van der Waals surface area (Å²) in [7, 11) is 0. The Morgan fingerprint density at radius 3 is 2.08 bits per heavy atom. The highest BCUT2D eigenvalue weighted by Gasteiger charge is 2.14. The predicted octanol–water partition coefficient (Wildman–Crippen LogP) is 0.539. The SMILES string of the molecule is CC(C(=O)O)=C(C)C(O)CC(C)O. The summed E-state index contributed by atoms with van der Waals surface area (Å²) in [6.45, 7) is 4.53. The van der Waals surface area contributed by atoms with Crippen molar-refractivity contribution in [3.05, 3.63) is 11.1 Å². The quantitative estimate of drug-likeness (QED) is 0.563. The van der Waals surface area contributed by atoms with Gasteiger partial charge in [0.1, 0.15) is 0 Å². The molecule has 0 saturated carbocycles. The first-order valence-corrected chi connectivity index (χ1v) is 4.13. The maximum absolute atomic E-state index is 10.5. The minimum atomic E-state index is -1.04. The van der Waals surface area contributed by atoms with Crippen LogP contribution in [0.2, 0.25) is 0 Å². The lowest BCUT2D eigenvalue weighted by molar-refractivity contribution is -0.132. The lowest BCUT2D eigenvalue weighted by Crippen LogP contribution is -2.18. The molecule has 13 heavy (non-hydrogen) atoms. The zero-order chi connectivity index (χ0) is 10.6. The van der Waals surface area contributed by atoms with Crippen LogP contribution in [0.1, 0.15) is 27.2 Å². The minimum absolute atomic E-state index is 0.133. The van der Waals surface area contributed by atoms with Gasteiger partial charge in [0, 0.05) is 12.0 Å². The fraction of sp³-hybridized carbons (Fsp3) is 0.667. The molecule has 0 aliphatic rings. The van der Waals surface area contributed by atoms with Crippen molar-refractivity contribution in [3.8, 4) is 0 Å². The first kappa shape index (κ1) is 12.1. The van der Waals surface area contributed by atoms with Crippen LogP contribution in [0.4, 0.5) is 0 Å². The second-order valence-electron chi connectivity index (χ2n) is 3.21. The van der Waals surface area contributed by atoms with E-state index in [9.17, 15) is 9.90 Å². The lowest BCUT2D eigenvalue weighted by Gasteiger charge is -2.14. The minimum Gasteiger partial charge on any atom is -0.478 e. The molecule has 0 aromatic carbocycles. The largest absolute Gasteiger partial charge is 0.478 e. The van der Waals surface area contributed by atoms with E-state index in [4.69, 9.17) is 10.2 Å². The molecule has 0 rings (SSSR count). The standard InChI is InChI=1S/C9H16O4/c1-5(10)4-8(11)6(2)7(3)9(12)13/h5,8,10-11H,4H2,1-3H3,(H,12,13).